The van der Waals surface area contributed by atoms with Crippen molar-refractivity contribution in [2.45, 2.75) is 12.8 Å². The van der Waals surface area contributed by atoms with E-state index in [1.54, 1.807) is 31.4 Å². The molecule has 3 nitrogen and oxygen atoms in total. The summed E-state index contributed by atoms with van der Waals surface area (Å²) >= 11 is 0. The molecule has 14 heavy (non-hydrogen) atoms. The molecule has 0 spiro atoms. The lowest BCUT2D eigenvalue weighted by Gasteiger charge is -2.07. The Kier molecular flexibility index (Phi) is 3.40. The summed E-state index contributed by atoms with van der Waals surface area (Å²) in [4.78, 5) is 21.8. The van der Waals surface area contributed by atoms with Crippen molar-refractivity contribution in [2.24, 2.45) is 0 Å². The summed E-state index contributed by atoms with van der Waals surface area (Å²) in [5, 5.41) is 0. The molecule has 0 heterocycles. The second kappa shape index (κ2) is 4.56. The first-order valence-corrected chi connectivity index (χ1v) is 4.28. The van der Waals surface area contributed by atoms with Crippen LogP contribution >= 0.6 is 0 Å². The van der Waals surface area contributed by atoms with Crippen molar-refractivity contribution in [3.63, 3.8) is 0 Å². The van der Waals surface area contributed by atoms with Crippen molar-refractivity contribution in [2.75, 3.05) is 7.11 Å². The molecule has 1 aromatic rings. The van der Waals surface area contributed by atoms with E-state index in [1.165, 1.54) is 6.92 Å². The van der Waals surface area contributed by atoms with Gasteiger partial charge in [-0.2, -0.15) is 0 Å². The number of Topliss-reactive ketones (excluding diaryl/α,β-unsaturated/α-hetero) is 1. The molecule has 0 amide bonds. The summed E-state index contributed by atoms with van der Waals surface area (Å²) < 4.78 is 5.00. The number of rotatable bonds is 4. The Morgan fingerprint density at radius 2 is 2.21 bits per heavy atom. The van der Waals surface area contributed by atoms with Gasteiger partial charge in [-0.3, -0.25) is 4.79 Å². The van der Waals surface area contributed by atoms with Crippen LogP contribution in [0.2, 0.25) is 0 Å². The Morgan fingerprint density at radius 3 is 2.71 bits per heavy atom. The average molecular weight is 192 g/mol. The van der Waals surface area contributed by atoms with Crippen LogP contribution in [0.25, 0.3) is 0 Å². The predicted molar refractivity (Wildman–Crippen MR) is 52.5 cm³/mol. The highest BCUT2D eigenvalue weighted by atomic mass is 16.5. The van der Waals surface area contributed by atoms with E-state index in [-0.39, 0.29) is 5.78 Å². The summed E-state index contributed by atoms with van der Waals surface area (Å²) in [6, 6.07) is 6.96. The van der Waals surface area contributed by atoms with Crippen molar-refractivity contribution in [1.82, 2.24) is 0 Å². The molecule has 0 aliphatic rings. The first-order chi connectivity index (χ1) is 6.69. The molecule has 1 aromatic carbocycles. The first-order valence-electron chi connectivity index (χ1n) is 4.28. The number of aldehydes is 1. The van der Waals surface area contributed by atoms with E-state index in [2.05, 4.69) is 0 Å². The fraction of sp³-hybridized carbons (Fsp3) is 0.273. The SMILES string of the molecule is COc1cccc(C(C=O)C(C)=O)c1. The highest BCUT2D eigenvalue weighted by molar-refractivity contribution is 5.97. The number of ketones is 1. The summed E-state index contributed by atoms with van der Waals surface area (Å²) in [6.07, 6.45) is 0.650. The molecule has 1 unspecified atom stereocenters. The third kappa shape index (κ3) is 2.19. The lowest BCUT2D eigenvalue weighted by molar-refractivity contribution is -0.122. The lowest BCUT2D eigenvalue weighted by atomic mass is 9.97. The average Bonchev–Trinajstić information content (AvgIpc) is 2.19. The highest BCUT2D eigenvalue weighted by Crippen LogP contribution is 2.19. The van der Waals surface area contributed by atoms with Gasteiger partial charge < -0.3 is 9.53 Å². The number of hydrogen-bond acceptors (Lipinski definition) is 3. The van der Waals surface area contributed by atoms with Crippen LogP contribution in [-0.2, 0) is 9.59 Å². The maximum atomic E-state index is 11.1. The Labute approximate surface area is 82.7 Å². The van der Waals surface area contributed by atoms with E-state index in [4.69, 9.17) is 4.74 Å². The second-order valence-electron chi connectivity index (χ2n) is 3.00. The molecule has 0 N–H and O–H groups in total. The minimum atomic E-state index is -0.676. The van der Waals surface area contributed by atoms with Gasteiger partial charge in [0, 0.05) is 0 Å². The molecule has 1 atom stereocenters. The molecular weight excluding hydrogens is 180 g/mol. The number of ether oxygens (including phenoxy) is 1. The molecule has 0 aromatic heterocycles. The zero-order chi connectivity index (χ0) is 10.6. The van der Waals surface area contributed by atoms with Gasteiger partial charge in [0.15, 0.2) is 0 Å². The number of carbonyl (C=O) groups excluding carboxylic acids is 2. The van der Waals surface area contributed by atoms with Crippen molar-refractivity contribution >= 4 is 12.1 Å². The molecule has 0 bridgehead atoms. The molecule has 0 saturated carbocycles. The maximum Gasteiger partial charge on any atom is 0.144 e. The minimum Gasteiger partial charge on any atom is -0.497 e. The fourth-order valence-corrected chi connectivity index (χ4v) is 1.24. The lowest BCUT2D eigenvalue weighted by Crippen LogP contribution is -2.09. The monoisotopic (exact) mass is 192 g/mol. The van der Waals surface area contributed by atoms with Crippen LogP contribution in [0.4, 0.5) is 0 Å². The van der Waals surface area contributed by atoms with Gasteiger partial charge in [0.25, 0.3) is 0 Å². The zero-order valence-electron chi connectivity index (χ0n) is 8.19. The predicted octanol–water partition coefficient (Wildman–Crippen LogP) is 1.57. The van der Waals surface area contributed by atoms with E-state index in [1.807, 2.05) is 0 Å². The second-order valence-corrected chi connectivity index (χ2v) is 3.00. The maximum absolute atomic E-state index is 11.1. The number of benzene rings is 1. The third-order valence-corrected chi connectivity index (χ3v) is 2.03. The van der Waals surface area contributed by atoms with E-state index in [9.17, 15) is 9.59 Å². The summed E-state index contributed by atoms with van der Waals surface area (Å²) in [7, 11) is 1.54. The van der Waals surface area contributed by atoms with Crippen LogP contribution in [0.15, 0.2) is 24.3 Å². The van der Waals surface area contributed by atoms with E-state index < -0.39 is 5.92 Å². The molecule has 0 saturated heterocycles. The minimum absolute atomic E-state index is 0.159. The largest absolute Gasteiger partial charge is 0.497 e. The zero-order valence-corrected chi connectivity index (χ0v) is 8.19. The van der Waals surface area contributed by atoms with Gasteiger partial charge in [-0.15, -0.1) is 0 Å². The first kappa shape index (κ1) is 10.4. The van der Waals surface area contributed by atoms with Gasteiger partial charge in [-0.25, -0.2) is 0 Å². The molecule has 0 fully saturated rings. The summed E-state index contributed by atoms with van der Waals surface area (Å²) in [5.74, 6) is -0.186. The molecular formula is C11H12O3. The number of hydrogen-bond donors (Lipinski definition) is 0. The Balaban J connectivity index is 3.04. The van der Waals surface area contributed by atoms with Crippen molar-refractivity contribution < 1.29 is 14.3 Å². The van der Waals surface area contributed by atoms with Gasteiger partial charge >= 0.3 is 0 Å². The topological polar surface area (TPSA) is 43.4 Å². The van der Waals surface area contributed by atoms with Gasteiger partial charge in [0.1, 0.15) is 17.8 Å². The molecule has 0 radical (unpaired) electrons. The summed E-state index contributed by atoms with van der Waals surface area (Å²) in [5.41, 5.74) is 0.673. The smallest absolute Gasteiger partial charge is 0.144 e. The molecule has 0 aliphatic heterocycles. The molecule has 74 valence electrons. The third-order valence-electron chi connectivity index (χ3n) is 2.03. The van der Waals surface area contributed by atoms with Crippen LogP contribution < -0.4 is 4.74 Å². The van der Waals surface area contributed by atoms with Crippen LogP contribution in [0, 0.1) is 0 Å². The van der Waals surface area contributed by atoms with Crippen molar-refractivity contribution in [3.05, 3.63) is 29.8 Å². The van der Waals surface area contributed by atoms with Crippen LogP contribution in [0.1, 0.15) is 18.4 Å². The van der Waals surface area contributed by atoms with Gasteiger partial charge in [0.2, 0.25) is 0 Å². The van der Waals surface area contributed by atoms with E-state index in [0.717, 1.165) is 0 Å². The molecule has 0 aliphatic carbocycles. The van der Waals surface area contributed by atoms with Crippen LogP contribution in [0.3, 0.4) is 0 Å². The number of methoxy groups -OCH3 is 1. The number of carbonyl (C=O) groups is 2. The van der Waals surface area contributed by atoms with Gasteiger partial charge in [0.05, 0.1) is 13.0 Å². The fourth-order valence-electron chi connectivity index (χ4n) is 1.24. The normalized spacial score (nSPS) is 11.9. The standard InChI is InChI=1S/C11H12O3/c1-8(13)11(7-12)9-4-3-5-10(6-9)14-2/h3-7,11H,1-2H3. The van der Waals surface area contributed by atoms with Gasteiger partial charge in [-0.05, 0) is 24.6 Å². The van der Waals surface area contributed by atoms with Crippen LogP contribution in [-0.4, -0.2) is 19.2 Å². The van der Waals surface area contributed by atoms with Gasteiger partial charge in [-0.1, -0.05) is 12.1 Å². The Morgan fingerprint density at radius 1 is 1.50 bits per heavy atom. The molecule has 3 heteroatoms. The Hall–Kier alpha value is -1.64. The molecule has 1 rings (SSSR count). The van der Waals surface area contributed by atoms with Crippen molar-refractivity contribution in [1.29, 1.82) is 0 Å². The van der Waals surface area contributed by atoms with Crippen molar-refractivity contribution in [3.8, 4) is 5.75 Å². The quantitative estimate of drug-likeness (QED) is 0.537. The van der Waals surface area contributed by atoms with E-state index >= 15 is 0 Å². The summed E-state index contributed by atoms with van der Waals surface area (Å²) in [6.45, 7) is 1.40. The Bertz CT molecular complexity index is 344. The highest BCUT2D eigenvalue weighted by Gasteiger charge is 2.15. The van der Waals surface area contributed by atoms with Crippen LogP contribution in [0.5, 0.6) is 5.75 Å². The van der Waals surface area contributed by atoms with E-state index in [0.29, 0.717) is 17.6 Å².